The lowest BCUT2D eigenvalue weighted by molar-refractivity contribution is -0.152. The van der Waals surface area contributed by atoms with Crippen molar-refractivity contribution in [3.05, 3.63) is 35.9 Å². The van der Waals surface area contributed by atoms with Crippen LogP contribution in [0.2, 0.25) is 0 Å². The molecule has 1 aromatic rings. The summed E-state index contributed by atoms with van der Waals surface area (Å²) < 4.78 is 10.6. The zero-order chi connectivity index (χ0) is 18.8. The van der Waals surface area contributed by atoms with Gasteiger partial charge in [0.15, 0.2) is 0 Å². The number of imide groups is 1. The van der Waals surface area contributed by atoms with E-state index in [0.29, 0.717) is 0 Å². The second kappa shape index (κ2) is 6.86. The SMILES string of the molecule is CC(C)(C)OC(=O)N1C(=O)C(C)(C)C[C@@H]1C(=O)OCc1ccccc1. The molecule has 1 aliphatic rings. The maximum Gasteiger partial charge on any atom is 0.417 e. The molecule has 25 heavy (non-hydrogen) atoms. The van der Waals surface area contributed by atoms with Crippen LogP contribution in [0.4, 0.5) is 4.79 Å². The number of rotatable bonds is 3. The predicted molar refractivity (Wildman–Crippen MR) is 91.5 cm³/mol. The number of hydrogen-bond donors (Lipinski definition) is 0. The first-order valence-electron chi connectivity index (χ1n) is 8.28. The Hall–Kier alpha value is -2.37. The number of hydrogen-bond acceptors (Lipinski definition) is 5. The van der Waals surface area contributed by atoms with Crippen LogP contribution >= 0.6 is 0 Å². The lowest BCUT2D eigenvalue weighted by Crippen LogP contribution is -2.46. The molecule has 1 aromatic carbocycles. The standard InChI is InChI=1S/C19H25NO5/c1-18(2,3)25-17(23)20-14(11-19(4,5)16(20)22)15(21)24-12-13-9-7-6-8-10-13/h6-10,14H,11-12H2,1-5H3/t14-/m1/s1. The smallest absolute Gasteiger partial charge is 0.417 e. The number of esters is 1. The molecule has 2 amide bonds. The number of carbonyl (C=O) groups is 3. The Morgan fingerprint density at radius 2 is 1.80 bits per heavy atom. The van der Waals surface area contributed by atoms with Gasteiger partial charge in [-0.1, -0.05) is 44.2 Å². The summed E-state index contributed by atoms with van der Waals surface area (Å²) in [5, 5.41) is 0. The van der Waals surface area contributed by atoms with E-state index >= 15 is 0 Å². The molecular formula is C19H25NO5. The number of carbonyl (C=O) groups excluding carboxylic acids is 3. The molecule has 0 radical (unpaired) electrons. The molecule has 136 valence electrons. The van der Waals surface area contributed by atoms with Gasteiger partial charge in [0.25, 0.3) is 0 Å². The Bertz CT molecular complexity index is 660. The van der Waals surface area contributed by atoms with Crippen LogP contribution in [0.1, 0.15) is 46.6 Å². The Kier molecular flexibility index (Phi) is 5.20. The molecular weight excluding hydrogens is 322 g/mol. The minimum absolute atomic E-state index is 0.0902. The van der Waals surface area contributed by atoms with Gasteiger partial charge >= 0.3 is 12.1 Å². The molecule has 1 saturated heterocycles. The van der Waals surface area contributed by atoms with E-state index in [4.69, 9.17) is 9.47 Å². The highest BCUT2D eigenvalue weighted by atomic mass is 16.6. The number of nitrogens with zero attached hydrogens (tertiary/aromatic N) is 1. The average Bonchev–Trinajstić information content (AvgIpc) is 2.75. The summed E-state index contributed by atoms with van der Waals surface area (Å²) in [5.74, 6) is -1.03. The number of likely N-dealkylation sites (tertiary alicyclic amines) is 1. The van der Waals surface area contributed by atoms with Crippen molar-refractivity contribution in [2.75, 3.05) is 0 Å². The van der Waals surface area contributed by atoms with Crippen LogP contribution in [-0.2, 0) is 25.7 Å². The largest absolute Gasteiger partial charge is 0.459 e. The normalized spacial score (nSPS) is 19.6. The van der Waals surface area contributed by atoms with Gasteiger partial charge in [-0.15, -0.1) is 0 Å². The van der Waals surface area contributed by atoms with Crippen molar-refractivity contribution in [3.63, 3.8) is 0 Å². The van der Waals surface area contributed by atoms with Gasteiger partial charge in [0.05, 0.1) is 0 Å². The highest BCUT2D eigenvalue weighted by Crippen LogP contribution is 2.37. The van der Waals surface area contributed by atoms with Crippen molar-refractivity contribution in [3.8, 4) is 0 Å². The van der Waals surface area contributed by atoms with Crippen molar-refractivity contribution in [1.29, 1.82) is 0 Å². The number of benzene rings is 1. The monoisotopic (exact) mass is 347 g/mol. The molecule has 0 bridgehead atoms. The van der Waals surface area contributed by atoms with E-state index < -0.39 is 35.0 Å². The fourth-order valence-electron chi connectivity index (χ4n) is 2.66. The number of ether oxygens (including phenoxy) is 2. The second-order valence-electron chi connectivity index (χ2n) is 7.85. The van der Waals surface area contributed by atoms with Gasteiger partial charge in [-0.05, 0) is 32.8 Å². The summed E-state index contributed by atoms with van der Waals surface area (Å²) >= 11 is 0. The van der Waals surface area contributed by atoms with Gasteiger partial charge in [-0.2, -0.15) is 0 Å². The molecule has 1 fully saturated rings. The van der Waals surface area contributed by atoms with Crippen LogP contribution < -0.4 is 0 Å². The molecule has 1 heterocycles. The fraction of sp³-hybridized carbons (Fsp3) is 0.526. The van der Waals surface area contributed by atoms with Gasteiger partial charge in [0.1, 0.15) is 18.2 Å². The van der Waals surface area contributed by atoms with E-state index in [1.54, 1.807) is 34.6 Å². The molecule has 6 nitrogen and oxygen atoms in total. The maximum atomic E-state index is 12.6. The number of amides is 2. The zero-order valence-corrected chi connectivity index (χ0v) is 15.4. The highest BCUT2D eigenvalue weighted by Gasteiger charge is 2.53. The molecule has 1 aliphatic heterocycles. The summed E-state index contributed by atoms with van der Waals surface area (Å²) in [6.45, 7) is 8.62. The van der Waals surface area contributed by atoms with Gasteiger partial charge in [0, 0.05) is 5.41 Å². The third kappa shape index (κ3) is 4.59. The summed E-state index contributed by atoms with van der Waals surface area (Å²) in [4.78, 5) is 38.4. The van der Waals surface area contributed by atoms with Crippen molar-refractivity contribution in [2.24, 2.45) is 5.41 Å². The molecule has 6 heteroatoms. The highest BCUT2D eigenvalue weighted by molar-refractivity contribution is 6.02. The van der Waals surface area contributed by atoms with Crippen LogP contribution in [0.25, 0.3) is 0 Å². The third-order valence-corrected chi connectivity index (χ3v) is 3.90. The molecule has 0 saturated carbocycles. The van der Waals surface area contributed by atoms with Crippen molar-refractivity contribution >= 4 is 18.0 Å². The summed E-state index contributed by atoms with van der Waals surface area (Å²) in [7, 11) is 0. The van der Waals surface area contributed by atoms with E-state index in [1.165, 1.54) is 0 Å². The van der Waals surface area contributed by atoms with Crippen LogP contribution in [0.3, 0.4) is 0 Å². The second-order valence-corrected chi connectivity index (χ2v) is 7.85. The Balaban J connectivity index is 2.13. The lowest BCUT2D eigenvalue weighted by Gasteiger charge is -2.26. The molecule has 0 N–H and O–H groups in total. The van der Waals surface area contributed by atoms with Crippen LogP contribution in [0.15, 0.2) is 30.3 Å². The fourth-order valence-corrected chi connectivity index (χ4v) is 2.66. The third-order valence-electron chi connectivity index (χ3n) is 3.90. The summed E-state index contributed by atoms with van der Waals surface area (Å²) in [6.07, 6.45) is -0.608. The Morgan fingerprint density at radius 3 is 2.36 bits per heavy atom. The molecule has 2 rings (SSSR count). The molecule has 0 spiro atoms. The van der Waals surface area contributed by atoms with E-state index in [-0.39, 0.29) is 13.0 Å². The van der Waals surface area contributed by atoms with Crippen LogP contribution in [0, 0.1) is 5.41 Å². The predicted octanol–water partition coefficient (Wildman–Crippen LogP) is 3.29. The Morgan fingerprint density at radius 1 is 1.20 bits per heavy atom. The summed E-state index contributed by atoms with van der Waals surface area (Å²) in [6, 6.07) is 8.26. The van der Waals surface area contributed by atoms with E-state index in [0.717, 1.165) is 10.5 Å². The van der Waals surface area contributed by atoms with Gasteiger partial charge < -0.3 is 9.47 Å². The van der Waals surface area contributed by atoms with Gasteiger partial charge in [-0.25, -0.2) is 14.5 Å². The first-order chi connectivity index (χ1) is 11.5. The van der Waals surface area contributed by atoms with E-state index in [2.05, 4.69) is 0 Å². The maximum absolute atomic E-state index is 12.6. The first-order valence-corrected chi connectivity index (χ1v) is 8.28. The zero-order valence-electron chi connectivity index (χ0n) is 15.4. The van der Waals surface area contributed by atoms with Crippen LogP contribution in [0.5, 0.6) is 0 Å². The van der Waals surface area contributed by atoms with E-state index in [9.17, 15) is 14.4 Å². The van der Waals surface area contributed by atoms with E-state index in [1.807, 2.05) is 30.3 Å². The summed E-state index contributed by atoms with van der Waals surface area (Å²) in [5.41, 5.74) is -0.751. The van der Waals surface area contributed by atoms with Gasteiger partial charge in [-0.3, -0.25) is 4.79 Å². The topological polar surface area (TPSA) is 72.9 Å². The Labute approximate surface area is 148 Å². The average molecular weight is 347 g/mol. The minimum atomic E-state index is -0.971. The van der Waals surface area contributed by atoms with Crippen LogP contribution in [-0.4, -0.2) is 34.5 Å². The quantitative estimate of drug-likeness (QED) is 0.785. The molecule has 0 aromatic heterocycles. The van der Waals surface area contributed by atoms with Crippen molar-refractivity contribution in [2.45, 2.75) is 59.3 Å². The molecule has 1 atom stereocenters. The minimum Gasteiger partial charge on any atom is -0.459 e. The van der Waals surface area contributed by atoms with Gasteiger partial charge in [0.2, 0.25) is 5.91 Å². The van der Waals surface area contributed by atoms with Crippen molar-refractivity contribution < 1.29 is 23.9 Å². The molecule has 0 unspecified atom stereocenters. The first kappa shape index (κ1) is 19.0. The molecule has 0 aliphatic carbocycles. The lowest BCUT2D eigenvalue weighted by atomic mass is 9.90. The van der Waals surface area contributed by atoms with Crippen molar-refractivity contribution in [1.82, 2.24) is 4.90 Å².